The summed E-state index contributed by atoms with van der Waals surface area (Å²) in [6, 6.07) is 1.84. The van der Waals surface area contributed by atoms with E-state index in [1.54, 1.807) is 18.6 Å². The van der Waals surface area contributed by atoms with E-state index in [0.717, 1.165) is 57.0 Å². The van der Waals surface area contributed by atoms with E-state index in [2.05, 4.69) is 34.9 Å². The molecule has 2 aromatic heterocycles. The van der Waals surface area contributed by atoms with Crippen molar-refractivity contribution in [3.8, 4) is 0 Å². The summed E-state index contributed by atoms with van der Waals surface area (Å²) in [5.74, 6) is 2.48. The third kappa shape index (κ3) is 3.78. The van der Waals surface area contributed by atoms with Crippen molar-refractivity contribution in [2.75, 3.05) is 54.0 Å². The van der Waals surface area contributed by atoms with Crippen LogP contribution in [-0.2, 0) is 0 Å². The van der Waals surface area contributed by atoms with E-state index in [0.29, 0.717) is 0 Å². The molecule has 25 heavy (non-hydrogen) atoms. The zero-order valence-electron chi connectivity index (χ0n) is 14.5. The highest BCUT2D eigenvalue weighted by Gasteiger charge is 2.22. The van der Waals surface area contributed by atoms with Crippen LogP contribution < -0.4 is 14.7 Å². The summed E-state index contributed by atoms with van der Waals surface area (Å²) in [4.78, 5) is 20.2. The van der Waals surface area contributed by atoms with Crippen molar-refractivity contribution in [3.05, 3.63) is 24.7 Å². The van der Waals surface area contributed by atoms with E-state index in [4.69, 9.17) is 4.98 Å². The Morgan fingerprint density at radius 1 is 0.680 bits per heavy atom. The lowest BCUT2D eigenvalue weighted by atomic mass is 10.2. The molecule has 0 spiro atoms. The van der Waals surface area contributed by atoms with Gasteiger partial charge in [0.05, 0.1) is 6.20 Å². The number of anilines is 3. The van der Waals surface area contributed by atoms with Crippen LogP contribution in [0, 0.1) is 0 Å². The van der Waals surface area contributed by atoms with Gasteiger partial charge in [-0.05, 0) is 18.9 Å². The van der Waals surface area contributed by atoms with Gasteiger partial charge in [0.25, 0.3) is 0 Å². The highest BCUT2D eigenvalue weighted by Crippen LogP contribution is 2.19. The maximum atomic E-state index is 4.79. The van der Waals surface area contributed by atoms with Crippen LogP contribution in [0.5, 0.6) is 0 Å². The molecule has 8 nitrogen and oxygen atoms in total. The molecule has 132 valence electrons. The van der Waals surface area contributed by atoms with E-state index in [1.165, 1.54) is 25.7 Å². The van der Waals surface area contributed by atoms with Crippen molar-refractivity contribution in [1.29, 1.82) is 0 Å². The Hall–Kier alpha value is -2.51. The lowest BCUT2D eigenvalue weighted by Gasteiger charge is -2.34. The van der Waals surface area contributed by atoms with Crippen LogP contribution in [0.2, 0.25) is 0 Å². The molecule has 0 atom stereocenters. The summed E-state index contributed by atoms with van der Waals surface area (Å²) in [5, 5.41) is 8.48. The van der Waals surface area contributed by atoms with Crippen molar-refractivity contribution in [3.63, 3.8) is 0 Å². The van der Waals surface area contributed by atoms with Crippen LogP contribution in [0.4, 0.5) is 17.7 Å². The average molecular weight is 340 g/mol. The first-order chi connectivity index (χ1) is 12.4. The first-order valence-corrected chi connectivity index (χ1v) is 9.12. The van der Waals surface area contributed by atoms with E-state index in [-0.39, 0.29) is 0 Å². The smallest absolute Gasteiger partial charge is 0.247 e. The molecule has 2 aliphatic heterocycles. The first-order valence-electron chi connectivity index (χ1n) is 9.12. The van der Waals surface area contributed by atoms with Gasteiger partial charge in [-0.2, -0.15) is 10.1 Å². The Labute approximate surface area is 147 Å². The normalized spacial score (nSPS) is 19.0. The minimum atomic E-state index is 0.732. The van der Waals surface area contributed by atoms with Gasteiger partial charge in [0, 0.05) is 51.7 Å². The topological polar surface area (TPSA) is 74.2 Å². The fourth-order valence-corrected chi connectivity index (χ4v) is 3.43. The molecule has 0 amide bonds. The van der Waals surface area contributed by atoms with Gasteiger partial charge in [-0.3, -0.25) is 0 Å². The molecule has 8 heteroatoms. The molecule has 0 N–H and O–H groups in total. The van der Waals surface area contributed by atoms with Crippen LogP contribution in [-0.4, -0.2) is 64.4 Å². The van der Waals surface area contributed by atoms with E-state index >= 15 is 0 Å². The average Bonchev–Trinajstić information content (AvgIpc) is 2.99. The zero-order chi connectivity index (χ0) is 16.9. The van der Waals surface area contributed by atoms with Gasteiger partial charge in [-0.25, -0.2) is 9.97 Å². The Morgan fingerprint density at radius 2 is 1.32 bits per heavy atom. The first kappa shape index (κ1) is 16.0. The monoisotopic (exact) mass is 340 g/mol. The highest BCUT2D eigenvalue weighted by molar-refractivity contribution is 5.43. The minimum Gasteiger partial charge on any atom is -0.355 e. The van der Waals surface area contributed by atoms with Crippen molar-refractivity contribution in [2.45, 2.75) is 25.7 Å². The number of rotatable bonds is 3. The van der Waals surface area contributed by atoms with Crippen molar-refractivity contribution < 1.29 is 0 Å². The zero-order valence-corrected chi connectivity index (χ0v) is 14.5. The van der Waals surface area contributed by atoms with Crippen LogP contribution in [0.15, 0.2) is 24.7 Å². The maximum Gasteiger partial charge on any atom is 0.247 e. The van der Waals surface area contributed by atoms with Crippen molar-refractivity contribution in [1.82, 2.24) is 25.1 Å². The second-order valence-electron chi connectivity index (χ2n) is 6.54. The summed E-state index contributed by atoms with van der Waals surface area (Å²) < 4.78 is 0. The summed E-state index contributed by atoms with van der Waals surface area (Å²) in [6.07, 6.45) is 10.4. The van der Waals surface area contributed by atoms with E-state index in [1.807, 2.05) is 6.07 Å². The molecular formula is C17H24N8. The Kier molecular flexibility index (Phi) is 4.85. The van der Waals surface area contributed by atoms with E-state index < -0.39 is 0 Å². The molecule has 2 aliphatic rings. The fourth-order valence-electron chi connectivity index (χ4n) is 3.43. The molecule has 0 bridgehead atoms. The molecule has 2 fully saturated rings. The molecule has 0 aliphatic carbocycles. The third-order valence-electron chi connectivity index (χ3n) is 4.86. The molecule has 2 aromatic rings. The summed E-state index contributed by atoms with van der Waals surface area (Å²) in [7, 11) is 0. The Bertz CT molecular complexity index is 663. The molecule has 4 rings (SSSR count). The van der Waals surface area contributed by atoms with Crippen LogP contribution in [0.3, 0.4) is 0 Å². The lowest BCUT2D eigenvalue weighted by Crippen LogP contribution is -2.47. The van der Waals surface area contributed by atoms with Gasteiger partial charge in [0.2, 0.25) is 11.9 Å². The molecule has 0 saturated carbocycles. The maximum absolute atomic E-state index is 4.79. The largest absolute Gasteiger partial charge is 0.355 e. The number of hydrogen-bond donors (Lipinski definition) is 0. The van der Waals surface area contributed by atoms with Gasteiger partial charge < -0.3 is 14.7 Å². The lowest BCUT2D eigenvalue weighted by molar-refractivity contribution is 0.622. The minimum absolute atomic E-state index is 0.732. The molecule has 0 unspecified atom stereocenters. The third-order valence-corrected chi connectivity index (χ3v) is 4.86. The van der Waals surface area contributed by atoms with Gasteiger partial charge >= 0.3 is 0 Å². The summed E-state index contributed by atoms with van der Waals surface area (Å²) in [5.41, 5.74) is 0. The molecule has 4 heterocycles. The number of aromatic nitrogens is 5. The van der Waals surface area contributed by atoms with Gasteiger partial charge in [-0.15, -0.1) is 5.10 Å². The standard InChI is InChI=1S/C17H24N8/c1-2-4-9-23(8-3-1)15-14-20-22-17(21-15)25-12-10-24(11-13-25)16-18-6-5-7-19-16/h5-7,14H,1-4,8-13H2. The predicted molar refractivity (Wildman–Crippen MR) is 97.0 cm³/mol. The second-order valence-corrected chi connectivity index (χ2v) is 6.54. The van der Waals surface area contributed by atoms with Gasteiger partial charge in [0.1, 0.15) is 0 Å². The number of nitrogens with zero attached hydrogens (tertiary/aromatic N) is 8. The number of piperazine rings is 1. The molecule has 2 saturated heterocycles. The van der Waals surface area contributed by atoms with Crippen molar-refractivity contribution in [2.24, 2.45) is 0 Å². The van der Waals surface area contributed by atoms with Gasteiger partial charge in [-0.1, -0.05) is 12.8 Å². The quantitative estimate of drug-likeness (QED) is 0.829. The summed E-state index contributed by atoms with van der Waals surface area (Å²) >= 11 is 0. The second kappa shape index (κ2) is 7.58. The SMILES string of the molecule is c1cnc(N2CCN(c3nncc(N4CCCCCC4)n3)CC2)nc1. The van der Waals surface area contributed by atoms with Crippen LogP contribution in [0.25, 0.3) is 0 Å². The van der Waals surface area contributed by atoms with Gasteiger partial charge in [0.15, 0.2) is 5.82 Å². The van der Waals surface area contributed by atoms with Crippen LogP contribution in [0.1, 0.15) is 25.7 Å². The fraction of sp³-hybridized carbons (Fsp3) is 0.588. The Morgan fingerprint density at radius 3 is 2.00 bits per heavy atom. The Balaban J connectivity index is 1.42. The number of hydrogen-bond acceptors (Lipinski definition) is 8. The predicted octanol–water partition coefficient (Wildman–Crippen LogP) is 1.37. The molecule has 0 aromatic carbocycles. The highest BCUT2D eigenvalue weighted by atomic mass is 15.4. The van der Waals surface area contributed by atoms with Crippen molar-refractivity contribution >= 4 is 17.7 Å². The summed E-state index contributed by atoms with van der Waals surface area (Å²) in [6.45, 7) is 5.56. The van der Waals surface area contributed by atoms with Crippen LogP contribution >= 0.6 is 0 Å². The molecular weight excluding hydrogens is 316 g/mol. The van der Waals surface area contributed by atoms with E-state index in [9.17, 15) is 0 Å². The molecule has 0 radical (unpaired) electrons.